The highest BCUT2D eigenvalue weighted by molar-refractivity contribution is 6.30. The highest BCUT2D eigenvalue weighted by Gasteiger charge is 2.47. The molecule has 1 fully saturated rings. The van der Waals surface area contributed by atoms with Crippen LogP contribution in [-0.2, 0) is 10.7 Å². The Bertz CT molecular complexity index is 1120. The Morgan fingerprint density at radius 2 is 1.81 bits per heavy atom. The zero-order valence-corrected chi connectivity index (χ0v) is 21.3. The minimum atomic E-state index is -2.97. The molecule has 2 amide bonds. The fourth-order valence-electron chi connectivity index (χ4n) is 5.05. The van der Waals surface area contributed by atoms with Crippen molar-refractivity contribution in [1.29, 1.82) is 0 Å². The van der Waals surface area contributed by atoms with Gasteiger partial charge in [0.25, 0.3) is 5.92 Å². The van der Waals surface area contributed by atoms with Gasteiger partial charge in [-0.25, -0.2) is 14.8 Å². The van der Waals surface area contributed by atoms with Crippen molar-refractivity contribution in [1.82, 2.24) is 19.8 Å². The summed E-state index contributed by atoms with van der Waals surface area (Å²) >= 11 is 6.03. The number of aromatic nitrogens is 2. The number of rotatable bonds is 6. The summed E-state index contributed by atoms with van der Waals surface area (Å²) in [6, 6.07) is 6.55. The third-order valence-corrected chi connectivity index (χ3v) is 7.23. The van der Waals surface area contributed by atoms with Gasteiger partial charge in [0, 0.05) is 55.8 Å². The van der Waals surface area contributed by atoms with Crippen LogP contribution in [0.25, 0.3) is 0 Å². The van der Waals surface area contributed by atoms with Gasteiger partial charge in [0.15, 0.2) is 0 Å². The van der Waals surface area contributed by atoms with E-state index >= 15 is 0 Å². The van der Waals surface area contributed by atoms with Gasteiger partial charge < -0.3 is 19.8 Å². The number of hydrogen-bond donors (Lipinski definition) is 1. The number of hydrogen-bond acceptors (Lipinski definition) is 5. The van der Waals surface area contributed by atoms with E-state index < -0.39 is 17.9 Å². The van der Waals surface area contributed by atoms with E-state index in [0.717, 1.165) is 0 Å². The molecule has 1 aromatic heterocycles. The van der Waals surface area contributed by atoms with E-state index in [1.807, 2.05) is 4.90 Å². The third kappa shape index (κ3) is 5.09. The van der Waals surface area contributed by atoms with E-state index in [-0.39, 0.29) is 36.5 Å². The van der Waals surface area contributed by atoms with Crippen LogP contribution in [0.5, 0.6) is 0 Å². The molecule has 2 aromatic rings. The lowest BCUT2D eigenvalue weighted by Gasteiger charge is -2.38. The standard InChI is InChI=1S/C25H30ClF2N5O3/c1-15(2)33(24(35)36)13-19(17-4-6-18(26)7-5-17)23(34)32-10-8-31(9-11-32)22-20-16(3)12-25(27,28)21(20)29-14-30-22/h4-7,14-16,19H,8-13H2,1-3H3,(H,35,36)/t16-,19-/m1/s1. The number of benzene rings is 1. The molecule has 0 radical (unpaired) electrons. The van der Waals surface area contributed by atoms with Crippen LogP contribution in [0.4, 0.5) is 19.4 Å². The average Bonchev–Trinajstić information content (AvgIpc) is 3.08. The summed E-state index contributed by atoms with van der Waals surface area (Å²) in [5.41, 5.74) is 0.961. The number of carbonyl (C=O) groups excluding carboxylic acids is 1. The molecule has 0 bridgehead atoms. The fraction of sp³-hybridized carbons (Fsp3) is 0.520. The summed E-state index contributed by atoms with van der Waals surface area (Å²) in [6.07, 6.45) is -0.198. The van der Waals surface area contributed by atoms with Gasteiger partial charge >= 0.3 is 6.09 Å². The number of nitrogens with zero attached hydrogens (tertiary/aromatic N) is 5. The molecule has 11 heteroatoms. The van der Waals surface area contributed by atoms with Gasteiger partial charge in [-0.05, 0) is 37.5 Å². The minimum Gasteiger partial charge on any atom is -0.465 e. The Kier molecular flexibility index (Phi) is 7.36. The van der Waals surface area contributed by atoms with Crippen molar-refractivity contribution in [2.24, 2.45) is 0 Å². The molecule has 1 N–H and O–H groups in total. The summed E-state index contributed by atoms with van der Waals surface area (Å²) in [6.45, 7) is 6.87. The number of fused-ring (bicyclic) bond motifs is 1. The Morgan fingerprint density at radius 1 is 1.17 bits per heavy atom. The summed E-state index contributed by atoms with van der Waals surface area (Å²) in [5, 5.41) is 10.2. The number of halogens is 3. The number of alkyl halides is 2. The van der Waals surface area contributed by atoms with E-state index in [0.29, 0.717) is 48.1 Å². The fourth-order valence-corrected chi connectivity index (χ4v) is 5.18. The molecule has 0 spiro atoms. The van der Waals surface area contributed by atoms with Crippen LogP contribution in [0, 0.1) is 0 Å². The van der Waals surface area contributed by atoms with Gasteiger partial charge in [0.1, 0.15) is 17.8 Å². The molecule has 1 saturated heterocycles. The van der Waals surface area contributed by atoms with E-state index in [9.17, 15) is 23.5 Å². The van der Waals surface area contributed by atoms with E-state index in [1.165, 1.54) is 11.2 Å². The summed E-state index contributed by atoms with van der Waals surface area (Å²) in [5.74, 6) is -3.71. The monoisotopic (exact) mass is 521 g/mol. The maximum Gasteiger partial charge on any atom is 0.407 e. The quantitative estimate of drug-likeness (QED) is 0.600. The predicted molar refractivity (Wildman–Crippen MR) is 132 cm³/mol. The molecule has 194 valence electrons. The van der Waals surface area contributed by atoms with Crippen molar-refractivity contribution in [3.05, 3.63) is 52.4 Å². The largest absolute Gasteiger partial charge is 0.465 e. The summed E-state index contributed by atoms with van der Waals surface area (Å²) in [7, 11) is 0. The van der Waals surface area contributed by atoms with Crippen molar-refractivity contribution in [2.45, 2.75) is 51.0 Å². The van der Waals surface area contributed by atoms with Crippen molar-refractivity contribution in [2.75, 3.05) is 37.6 Å². The number of anilines is 1. The van der Waals surface area contributed by atoms with Gasteiger partial charge in [-0.2, -0.15) is 8.78 Å². The van der Waals surface area contributed by atoms with E-state index in [4.69, 9.17) is 11.6 Å². The van der Waals surface area contributed by atoms with Crippen molar-refractivity contribution in [3.63, 3.8) is 0 Å². The zero-order chi connectivity index (χ0) is 26.2. The molecular formula is C25H30ClF2N5O3. The van der Waals surface area contributed by atoms with Crippen LogP contribution >= 0.6 is 11.6 Å². The van der Waals surface area contributed by atoms with Gasteiger partial charge in [0.2, 0.25) is 5.91 Å². The number of carbonyl (C=O) groups is 2. The summed E-state index contributed by atoms with van der Waals surface area (Å²) in [4.78, 5) is 38.6. The first kappa shape index (κ1) is 26.1. The first-order valence-corrected chi connectivity index (χ1v) is 12.4. The van der Waals surface area contributed by atoms with Crippen LogP contribution in [0.3, 0.4) is 0 Å². The maximum absolute atomic E-state index is 14.4. The lowest BCUT2D eigenvalue weighted by Crippen LogP contribution is -2.52. The second kappa shape index (κ2) is 10.2. The topological polar surface area (TPSA) is 89.9 Å². The zero-order valence-electron chi connectivity index (χ0n) is 20.5. The normalized spacial score (nSPS) is 19.8. The van der Waals surface area contributed by atoms with Crippen LogP contribution in [-0.4, -0.2) is 75.6 Å². The van der Waals surface area contributed by atoms with E-state index in [1.54, 1.807) is 49.9 Å². The number of amides is 2. The SMILES string of the molecule is CC(C)N(C[C@@H](C(=O)N1CCN(c2ncnc3c2[C@H](C)CC3(F)F)CC1)c1ccc(Cl)cc1)C(=O)O. The first-order chi connectivity index (χ1) is 17.0. The second-order valence-corrected chi connectivity index (χ2v) is 10.2. The second-order valence-electron chi connectivity index (χ2n) is 9.71. The highest BCUT2D eigenvalue weighted by atomic mass is 35.5. The molecule has 4 rings (SSSR count). The molecule has 36 heavy (non-hydrogen) atoms. The number of piperazine rings is 1. The first-order valence-electron chi connectivity index (χ1n) is 12.0. The molecule has 8 nitrogen and oxygen atoms in total. The Morgan fingerprint density at radius 3 is 2.39 bits per heavy atom. The van der Waals surface area contributed by atoms with Crippen LogP contribution < -0.4 is 4.90 Å². The summed E-state index contributed by atoms with van der Waals surface area (Å²) < 4.78 is 28.8. The van der Waals surface area contributed by atoms with E-state index in [2.05, 4.69) is 9.97 Å². The van der Waals surface area contributed by atoms with Crippen LogP contribution in [0.15, 0.2) is 30.6 Å². The van der Waals surface area contributed by atoms with Gasteiger partial charge in [-0.15, -0.1) is 0 Å². The van der Waals surface area contributed by atoms with Crippen molar-refractivity contribution >= 4 is 29.4 Å². The van der Waals surface area contributed by atoms with Crippen molar-refractivity contribution in [3.8, 4) is 0 Å². The van der Waals surface area contributed by atoms with Gasteiger partial charge in [-0.3, -0.25) is 4.79 Å². The van der Waals surface area contributed by atoms with Gasteiger partial charge in [0.05, 0.1) is 5.92 Å². The molecular weight excluding hydrogens is 492 g/mol. The Hall–Kier alpha value is -3.01. The molecule has 0 unspecified atom stereocenters. The Labute approximate surface area is 213 Å². The molecule has 2 aliphatic rings. The lowest BCUT2D eigenvalue weighted by molar-refractivity contribution is -0.133. The van der Waals surface area contributed by atoms with Crippen LogP contribution in [0.1, 0.15) is 55.8 Å². The maximum atomic E-state index is 14.4. The molecule has 1 aliphatic heterocycles. The van der Waals surface area contributed by atoms with Crippen LogP contribution in [0.2, 0.25) is 5.02 Å². The lowest BCUT2D eigenvalue weighted by atomic mass is 9.96. The third-order valence-electron chi connectivity index (χ3n) is 6.97. The molecule has 2 heterocycles. The number of carboxylic acid groups (broad SMARTS) is 1. The molecule has 1 aliphatic carbocycles. The molecule has 1 aromatic carbocycles. The molecule has 0 saturated carbocycles. The van der Waals surface area contributed by atoms with Crippen molar-refractivity contribution < 1.29 is 23.5 Å². The predicted octanol–water partition coefficient (Wildman–Crippen LogP) is 4.55. The minimum absolute atomic E-state index is 0.0136. The van der Waals surface area contributed by atoms with Gasteiger partial charge in [-0.1, -0.05) is 30.7 Å². The smallest absolute Gasteiger partial charge is 0.407 e. The highest BCUT2D eigenvalue weighted by Crippen LogP contribution is 2.49. The average molecular weight is 522 g/mol. The Balaban J connectivity index is 1.53. The molecule has 2 atom stereocenters.